The summed E-state index contributed by atoms with van der Waals surface area (Å²) < 4.78 is 20.4. The van der Waals surface area contributed by atoms with Gasteiger partial charge in [-0.2, -0.15) is 0 Å². The molecule has 0 aliphatic carbocycles. The van der Waals surface area contributed by atoms with E-state index in [4.69, 9.17) is 18.9 Å². The van der Waals surface area contributed by atoms with Crippen LogP contribution in [0.3, 0.4) is 0 Å². The first-order valence-electron chi connectivity index (χ1n) is 7.96. The molecule has 8 nitrogen and oxygen atoms in total. The Hall–Kier alpha value is -2.64. The molecule has 1 aromatic carbocycles. The summed E-state index contributed by atoms with van der Waals surface area (Å²) in [5.41, 5.74) is 0.499. The smallest absolute Gasteiger partial charge is 0.411 e. The Kier molecular flexibility index (Phi) is 8.38. The van der Waals surface area contributed by atoms with E-state index in [1.165, 1.54) is 14.2 Å². The van der Waals surface area contributed by atoms with E-state index < -0.39 is 18.3 Å². The van der Waals surface area contributed by atoms with Crippen LogP contribution in [0.1, 0.15) is 20.8 Å². The number of hydrogen-bond acceptors (Lipinski definition) is 6. The second-order valence-electron chi connectivity index (χ2n) is 5.78. The number of carbonyl (C=O) groups excluding carboxylic acids is 2. The van der Waals surface area contributed by atoms with E-state index in [0.717, 1.165) is 0 Å². The molecule has 1 unspecified atom stereocenters. The zero-order valence-corrected chi connectivity index (χ0v) is 15.3. The van der Waals surface area contributed by atoms with Crippen molar-refractivity contribution in [3.05, 3.63) is 18.2 Å². The number of benzene rings is 1. The third-order valence-electron chi connectivity index (χ3n) is 3.02. The molecule has 1 aromatic rings. The fourth-order valence-electron chi connectivity index (χ4n) is 1.81. The highest BCUT2D eigenvalue weighted by atomic mass is 16.6. The summed E-state index contributed by atoms with van der Waals surface area (Å²) in [5.74, 6) is 1.30. The second kappa shape index (κ2) is 10.3. The summed E-state index contributed by atoms with van der Waals surface area (Å²) in [6.07, 6.45) is -1.70. The number of ether oxygens (including phenoxy) is 4. The van der Waals surface area contributed by atoms with Crippen molar-refractivity contribution < 1.29 is 28.5 Å². The topological polar surface area (TPSA) is 95.1 Å². The fraction of sp³-hybridized carbons (Fsp3) is 0.529. The van der Waals surface area contributed by atoms with Gasteiger partial charge in [-0.15, -0.1) is 0 Å². The maximum Gasteiger partial charge on any atom is 0.411 e. The molecule has 2 N–H and O–H groups in total. The maximum atomic E-state index is 11.9. The average molecular weight is 354 g/mol. The molecule has 0 saturated heterocycles. The number of rotatable bonds is 8. The van der Waals surface area contributed by atoms with Crippen molar-refractivity contribution in [2.24, 2.45) is 5.92 Å². The molecule has 0 bridgehead atoms. The molecule has 1 atom stereocenters. The predicted octanol–water partition coefficient (Wildman–Crippen LogP) is 3.02. The molecule has 0 heterocycles. The van der Waals surface area contributed by atoms with Gasteiger partial charge >= 0.3 is 12.2 Å². The van der Waals surface area contributed by atoms with Crippen molar-refractivity contribution in [2.45, 2.75) is 26.9 Å². The van der Waals surface area contributed by atoms with Crippen molar-refractivity contribution in [3.8, 4) is 11.5 Å². The van der Waals surface area contributed by atoms with E-state index in [2.05, 4.69) is 10.6 Å². The van der Waals surface area contributed by atoms with Crippen molar-refractivity contribution in [2.75, 3.05) is 32.7 Å². The number of alkyl carbamates (subject to hydrolysis) is 1. The molecular formula is C17H26N2O6. The molecule has 0 fully saturated rings. The van der Waals surface area contributed by atoms with Crippen LogP contribution in [-0.4, -0.2) is 45.7 Å². The van der Waals surface area contributed by atoms with Gasteiger partial charge in [-0.05, 0) is 25.0 Å². The SMILES string of the molecule is COc1ccc(NC(=O)OC(C)CNC(=O)OCC(C)C)cc1OC. The standard InChI is InChI=1S/C17H26N2O6/c1-11(2)10-24-16(20)18-9-12(3)25-17(21)19-13-6-7-14(22-4)15(8-13)23-5/h6-8,11-12H,9-10H2,1-5H3,(H,18,20)(H,19,21). The molecule has 25 heavy (non-hydrogen) atoms. The molecule has 0 spiro atoms. The lowest BCUT2D eigenvalue weighted by atomic mass is 10.2. The van der Waals surface area contributed by atoms with Crippen LogP contribution in [0.2, 0.25) is 0 Å². The van der Waals surface area contributed by atoms with Crippen molar-refractivity contribution in [1.29, 1.82) is 0 Å². The number of methoxy groups -OCH3 is 2. The molecule has 140 valence electrons. The summed E-state index contributed by atoms with van der Waals surface area (Å²) in [6, 6.07) is 4.95. The second-order valence-corrected chi connectivity index (χ2v) is 5.78. The van der Waals surface area contributed by atoms with Gasteiger partial charge in [-0.1, -0.05) is 13.8 Å². The zero-order chi connectivity index (χ0) is 18.8. The van der Waals surface area contributed by atoms with Crippen LogP contribution in [0.15, 0.2) is 18.2 Å². The Morgan fingerprint density at radius 1 is 1.04 bits per heavy atom. The van der Waals surface area contributed by atoms with Crippen molar-refractivity contribution >= 4 is 17.9 Å². The van der Waals surface area contributed by atoms with Gasteiger partial charge in [0.1, 0.15) is 6.10 Å². The number of nitrogens with one attached hydrogen (secondary N) is 2. The van der Waals surface area contributed by atoms with Crippen LogP contribution >= 0.6 is 0 Å². The minimum atomic E-state index is -0.642. The van der Waals surface area contributed by atoms with Gasteiger partial charge < -0.3 is 24.3 Å². The largest absolute Gasteiger partial charge is 0.493 e. The highest BCUT2D eigenvalue weighted by Crippen LogP contribution is 2.29. The Morgan fingerprint density at radius 2 is 1.72 bits per heavy atom. The molecule has 1 rings (SSSR count). The molecular weight excluding hydrogens is 328 g/mol. The van der Waals surface area contributed by atoms with Crippen LogP contribution < -0.4 is 20.1 Å². The highest BCUT2D eigenvalue weighted by molar-refractivity contribution is 5.85. The summed E-state index contributed by atoms with van der Waals surface area (Å²) >= 11 is 0. The minimum Gasteiger partial charge on any atom is -0.493 e. The van der Waals surface area contributed by atoms with Gasteiger partial charge in [0.2, 0.25) is 0 Å². The van der Waals surface area contributed by atoms with Crippen LogP contribution in [0.4, 0.5) is 15.3 Å². The van der Waals surface area contributed by atoms with E-state index >= 15 is 0 Å². The molecule has 0 aromatic heterocycles. The molecule has 0 saturated carbocycles. The van der Waals surface area contributed by atoms with Gasteiger partial charge in [-0.25, -0.2) is 9.59 Å². The molecule has 0 aliphatic rings. The van der Waals surface area contributed by atoms with E-state index in [1.807, 2.05) is 13.8 Å². The van der Waals surface area contributed by atoms with Gasteiger partial charge in [0.05, 0.1) is 27.4 Å². The van der Waals surface area contributed by atoms with Crippen LogP contribution in [-0.2, 0) is 9.47 Å². The lowest BCUT2D eigenvalue weighted by Gasteiger charge is -2.16. The first-order valence-corrected chi connectivity index (χ1v) is 7.96. The quantitative estimate of drug-likeness (QED) is 0.745. The van der Waals surface area contributed by atoms with E-state index in [0.29, 0.717) is 23.8 Å². The Labute approximate surface area is 147 Å². The lowest BCUT2D eigenvalue weighted by Crippen LogP contribution is -2.35. The van der Waals surface area contributed by atoms with Gasteiger partial charge in [-0.3, -0.25) is 5.32 Å². The molecule has 2 amide bonds. The van der Waals surface area contributed by atoms with Crippen LogP contribution in [0.25, 0.3) is 0 Å². The number of amides is 2. The summed E-state index contributed by atoms with van der Waals surface area (Å²) in [5, 5.41) is 5.12. The Bertz CT molecular complexity index is 576. The van der Waals surface area contributed by atoms with E-state index in [1.54, 1.807) is 25.1 Å². The fourth-order valence-corrected chi connectivity index (χ4v) is 1.81. The maximum absolute atomic E-state index is 11.9. The van der Waals surface area contributed by atoms with Gasteiger partial charge in [0.15, 0.2) is 11.5 Å². The monoisotopic (exact) mass is 354 g/mol. The minimum absolute atomic E-state index is 0.149. The van der Waals surface area contributed by atoms with E-state index in [-0.39, 0.29) is 12.5 Å². The van der Waals surface area contributed by atoms with Gasteiger partial charge in [0.25, 0.3) is 0 Å². The van der Waals surface area contributed by atoms with Crippen molar-refractivity contribution in [1.82, 2.24) is 5.32 Å². The molecule has 0 radical (unpaired) electrons. The average Bonchev–Trinajstić information content (AvgIpc) is 2.57. The number of carbonyl (C=O) groups is 2. The van der Waals surface area contributed by atoms with E-state index in [9.17, 15) is 9.59 Å². The number of anilines is 1. The first-order chi connectivity index (χ1) is 11.8. The molecule has 8 heteroatoms. The normalized spacial score (nSPS) is 11.4. The number of hydrogen-bond donors (Lipinski definition) is 2. The summed E-state index contributed by atoms with van der Waals surface area (Å²) in [6.45, 7) is 6.03. The highest BCUT2D eigenvalue weighted by Gasteiger charge is 2.13. The predicted molar refractivity (Wildman–Crippen MR) is 93.3 cm³/mol. The van der Waals surface area contributed by atoms with Crippen molar-refractivity contribution in [3.63, 3.8) is 0 Å². The first kappa shape index (κ1) is 20.4. The summed E-state index contributed by atoms with van der Waals surface area (Å²) in [4.78, 5) is 23.3. The zero-order valence-electron chi connectivity index (χ0n) is 15.3. The van der Waals surface area contributed by atoms with Crippen LogP contribution in [0.5, 0.6) is 11.5 Å². The third kappa shape index (κ3) is 7.65. The van der Waals surface area contributed by atoms with Crippen LogP contribution in [0, 0.1) is 5.92 Å². The Morgan fingerprint density at radius 3 is 2.32 bits per heavy atom. The van der Waals surface area contributed by atoms with Gasteiger partial charge in [0, 0.05) is 11.8 Å². The Balaban J connectivity index is 2.42. The lowest BCUT2D eigenvalue weighted by molar-refractivity contribution is 0.107. The third-order valence-corrected chi connectivity index (χ3v) is 3.02. The summed E-state index contributed by atoms with van der Waals surface area (Å²) in [7, 11) is 3.03. The molecule has 0 aliphatic heterocycles.